The van der Waals surface area contributed by atoms with Crippen LogP contribution in [0.4, 0.5) is 4.79 Å². The Labute approximate surface area is 200 Å². The van der Waals surface area contributed by atoms with E-state index in [1.165, 1.54) is 3.93 Å². The van der Waals surface area contributed by atoms with E-state index in [0.29, 0.717) is 5.69 Å². The molecule has 0 saturated carbocycles. The lowest BCUT2D eigenvalue weighted by molar-refractivity contribution is -0.127. The van der Waals surface area contributed by atoms with Gasteiger partial charge in [-0.2, -0.15) is 14.1 Å². The second-order valence-electron chi connectivity index (χ2n) is 6.47. The van der Waals surface area contributed by atoms with Crippen LogP contribution in [-0.4, -0.2) is 55.1 Å². The Kier molecular flexibility index (Phi) is 10.6. The van der Waals surface area contributed by atoms with E-state index in [4.69, 9.17) is 10.2 Å². The number of aliphatic hydroxyl groups excluding tert-OH is 2. The lowest BCUT2D eigenvalue weighted by Gasteiger charge is -2.19. The lowest BCUT2D eigenvalue weighted by Crippen LogP contribution is -2.37. The molecule has 30 heavy (non-hydrogen) atoms. The highest BCUT2D eigenvalue weighted by molar-refractivity contribution is 9.10. The number of hydrogen-bond donors (Lipinski definition) is 2. The van der Waals surface area contributed by atoms with Gasteiger partial charge in [0.1, 0.15) is 11.2 Å². The van der Waals surface area contributed by atoms with Crippen molar-refractivity contribution in [2.45, 2.75) is 59.5 Å². The third kappa shape index (κ3) is 6.61. The van der Waals surface area contributed by atoms with Gasteiger partial charge in [0.25, 0.3) is 5.91 Å². The normalized spacial score (nSPS) is 15.0. The monoisotopic (exact) mass is 614 g/mol. The molecule has 2 aromatic heterocycles. The molecule has 1 aliphatic rings. The van der Waals surface area contributed by atoms with Crippen LogP contribution in [0.25, 0.3) is 0 Å². The Hall–Kier alpha value is -1.28. The van der Waals surface area contributed by atoms with E-state index in [9.17, 15) is 9.59 Å². The smallest absolute Gasteiger partial charge is 0.348 e. The molecule has 0 bridgehead atoms. The molecule has 1 aliphatic heterocycles. The number of aliphatic hydroxyl groups is 2. The Morgan fingerprint density at radius 3 is 1.87 bits per heavy atom. The summed E-state index contributed by atoms with van der Waals surface area (Å²) in [4.78, 5) is 22.3. The average Bonchev–Trinajstić information content (AvgIpc) is 3.40. The Morgan fingerprint density at radius 1 is 1.03 bits per heavy atom. The Morgan fingerprint density at radius 2 is 1.63 bits per heavy atom. The fourth-order valence-electron chi connectivity index (χ4n) is 2.10. The first kappa shape index (κ1) is 26.8. The van der Waals surface area contributed by atoms with Crippen LogP contribution in [0.1, 0.15) is 39.1 Å². The molecule has 168 valence electrons. The fraction of sp³-hybridized carbons (Fsp3) is 0.529. The van der Waals surface area contributed by atoms with Gasteiger partial charge in [0.2, 0.25) is 0 Å². The van der Waals surface area contributed by atoms with Crippen molar-refractivity contribution in [1.82, 2.24) is 27.4 Å². The van der Waals surface area contributed by atoms with Crippen molar-refractivity contribution in [2.24, 2.45) is 0 Å². The predicted molar refractivity (Wildman–Crippen MR) is 121 cm³/mol. The number of carbonyl (C=O) groups excluding carboxylic acids is 2. The Balaban J connectivity index is 0.000000226. The summed E-state index contributed by atoms with van der Waals surface area (Å²) in [6.07, 6.45) is 3.71. The molecule has 3 rings (SSSR count). The van der Waals surface area contributed by atoms with E-state index in [2.05, 4.69) is 58.4 Å². The zero-order valence-electron chi connectivity index (χ0n) is 17.1. The quantitative estimate of drug-likeness (QED) is 0.403. The average molecular weight is 617 g/mol. The number of amides is 3. The third-order valence-electron chi connectivity index (χ3n) is 3.97. The highest BCUT2D eigenvalue weighted by Crippen LogP contribution is 2.32. The molecule has 0 radical (unpaired) electrons. The minimum Gasteiger partial charge on any atom is -0.390 e. The molecule has 2 aromatic rings. The SMILES string of the molecule is CC1(C)C(=O)N(Br)C(=O)N1Br.CCn1cc(Br)c(CO)n1.CCn1ccc(CO)n1. The molecule has 0 aliphatic carbocycles. The van der Waals surface area contributed by atoms with Crippen molar-refractivity contribution < 1.29 is 19.8 Å². The summed E-state index contributed by atoms with van der Waals surface area (Å²) >= 11 is 9.12. The molecule has 3 heterocycles. The van der Waals surface area contributed by atoms with Gasteiger partial charge >= 0.3 is 6.03 Å². The van der Waals surface area contributed by atoms with Gasteiger partial charge < -0.3 is 10.2 Å². The highest BCUT2D eigenvalue weighted by Gasteiger charge is 2.50. The third-order valence-corrected chi connectivity index (χ3v) is 6.45. The molecule has 3 amide bonds. The first-order chi connectivity index (χ1) is 14.0. The van der Waals surface area contributed by atoms with Gasteiger partial charge in [-0.25, -0.2) is 8.72 Å². The molecule has 10 nitrogen and oxygen atoms in total. The van der Waals surface area contributed by atoms with Gasteiger partial charge in [0.15, 0.2) is 0 Å². The molecule has 0 atom stereocenters. The van der Waals surface area contributed by atoms with E-state index in [0.717, 1.165) is 27.2 Å². The molecular formula is C17H25Br3N6O4. The van der Waals surface area contributed by atoms with Gasteiger partial charge in [-0.1, -0.05) is 0 Å². The van der Waals surface area contributed by atoms with Gasteiger partial charge in [0, 0.05) is 25.5 Å². The molecule has 1 saturated heterocycles. The van der Waals surface area contributed by atoms with E-state index in [-0.39, 0.29) is 19.1 Å². The van der Waals surface area contributed by atoms with Crippen LogP contribution >= 0.6 is 48.2 Å². The highest BCUT2D eigenvalue weighted by atomic mass is 79.9. The van der Waals surface area contributed by atoms with Crippen LogP contribution in [0.2, 0.25) is 0 Å². The number of aromatic nitrogens is 4. The topological polar surface area (TPSA) is 117 Å². The van der Waals surface area contributed by atoms with Crippen molar-refractivity contribution in [3.63, 3.8) is 0 Å². The number of imide groups is 1. The number of halogens is 3. The Bertz CT molecular complexity index is 836. The van der Waals surface area contributed by atoms with Crippen LogP contribution < -0.4 is 0 Å². The number of aryl methyl sites for hydroxylation is 2. The van der Waals surface area contributed by atoms with Gasteiger partial charge in [0.05, 0.1) is 55.7 Å². The molecule has 0 unspecified atom stereocenters. The van der Waals surface area contributed by atoms with Gasteiger partial charge in [-0.15, -0.1) is 0 Å². The molecule has 0 aromatic carbocycles. The van der Waals surface area contributed by atoms with Crippen molar-refractivity contribution in [2.75, 3.05) is 0 Å². The second kappa shape index (κ2) is 11.9. The summed E-state index contributed by atoms with van der Waals surface area (Å²) in [6, 6.07) is 1.41. The summed E-state index contributed by atoms with van der Waals surface area (Å²) in [5.41, 5.74) is 0.624. The summed E-state index contributed by atoms with van der Waals surface area (Å²) in [5, 5.41) is 25.4. The van der Waals surface area contributed by atoms with E-state index in [1.54, 1.807) is 23.2 Å². The maximum absolute atomic E-state index is 11.2. The maximum atomic E-state index is 11.2. The number of hydrogen-bond acceptors (Lipinski definition) is 6. The summed E-state index contributed by atoms with van der Waals surface area (Å²) in [6.45, 7) is 9.04. The number of carbonyl (C=O) groups is 2. The molecule has 13 heteroatoms. The van der Waals surface area contributed by atoms with Crippen LogP contribution in [-0.2, 0) is 31.1 Å². The zero-order chi connectivity index (χ0) is 23.1. The van der Waals surface area contributed by atoms with E-state index >= 15 is 0 Å². The number of rotatable bonds is 4. The lowest BCUT2D eigenvalue weighted by atomic mass is 10.1. The maximum Gasteiger partial charge on any atom is 0.348 e. The van der Waals surface area contributed by atoms with Crippen molar-refractivity contribution >= 4 is 60.2 Å². The van der Waals surface area contributed by atoms with Crippen LogP contribution in [0, 0.1) is 0 Å². The number of nitrogens with zero attached hydrogens (tertiary/aromatic N) is 6. The summed E-state index contributed by atoms with van der Waals surface area (Å²) in [7, 11) is 0. The molecule has 1 fully saturated rings. The summed E-state index contributed by atoms with van der Waals surface area (Å²) < 4.78 is 6.54. The van der Waals surface area contributed by atoms with Crippen LogP contribution in [0.5, 0.6) is 0 Å². The molecular weight excluding hydrogens is 592 g/mol. The molecule has 0 spiro atoms. The predicted octanol–water partition coefficient (Wildman–Crippen LogP) is 3.20. The molecule has 2 N–H and O–H groups in total. The van der Waals surface area contributed by atoms with Crippen LogP contribution in [0.15, 0.2) is 22.9 Å². The van der Waals surface area contributed by atoms with Crippen molar-refractivity contribution in [3.8, 4) is 0 Å². The minimum atomic E-state index is -0.805. The van der Waals surface area contributed by atoms with E-state index in [1.807, 2.05) is 32.3 Å². The fourth-order valence-corrected chi connectivity index (χ4v) is 3.65. The van der Waals surface area contributed by atoms with Crippen molar-refractivity contribution in [3.05, 3.63) is 34.3 Å². The first-order valence-corrected chi connectivity index (χ1v) is 11.2. The largest absolute Gasteiger partial charge is 0.390 e. The minimum absolute atomic E-state index is 0.00637. The standard InChI is InChI=1S/C6H9BrN2O.C6H10N2O.C5H6Br2N2O2/c1-2-9-3-5(7)6(4-10)8-9;1-2-8-4-3-6(5-9)7-8;1-5(2)3(10)8(6)4(11)9(5)7/h3,10H,2,4H2,1H3;3-4,9H,2,5H2,1H3;1-2H3. The first-order valence-electron chi connectivity index (χ1n) is 8.99. The van der Waals surface area contributed by atoms with E-state index < -0.39 is 11.6 Å². The van der Waals surface area contributed by atoms with Gasteiger partial charge in [-0.05, 0) is 49.7 Å². The summed E-state index contributed by atoms with van der Waals surface area (Å²) in [5.74, 6) is -0.278. The second-order valence-corrected chi connectivity index (χ2v) is 8.74. The number of urea groups is 1. The van der Waals surface area contributed by atoms with Crippen LogP contribution in [0.3, 0.4) is 0 Å². The van der Waals surface area contributed by atoms with Gasteiger partial charge in [-0.3, -0.25) is 14.2 Å². The van der Waals surface area contributed by atoms with Crippen molar-refractivity contribution in [1.29, 1.82) is 0 Å². The zero-order valence-corrected chi connectivity index (χ0v) is 21.8.